The Morgan fingerprint density at radius 2 is 2.06 bits per heavy atom. The highest BCUT2D eigenvalue weighted by Gasteiger charge is 2.45. The lowest BCUT2D eigenvalue weighted by molar-refractivity contribution is 0.0707. The van der Waals surface area contributed by atoms with Crippen LogP contribution in [0.2, 0.25) is 0 Å². The number of carboxylic acid groups (broad SMARTS) is 1. The summed E-state index contributed by atoms with van der Waals surface area (Å²) >= 11 is 0. The normalized spacial score (nSPS) is 17.6. The number of rotatable bonds is 4. The van der Waals surface area contributed by atoms with Gasteiger partial charge < -0.3 is 19.6 Å². The van der Waals surface area contributed by atoms with Crippen LogP contribution in [0.5, 0.6) is 5.75 Å². The molecule has 2 saturated heterocycles. The highest BCUT2D eigenvalue weighted by Crippen LogP contribution is 2.42. The molecule has 33 heavy (non-hydrogen) atoms. The van der Waals surface area contributed by atoms with Gasteiger partial charge >= 0.3 is 6.09 Å². The molecule has 0 bridgehead atoms. The smallest absolute Gasteiger partial charge is 0.407 e. The number of ether oxygens (including phenoxy) is 1. The molecule has 4 aromatic rings. The Kier molecular flexibility index (Phi) is 4.42. The summed E-state index contributed by atoms with van der Waals surface area (Å²) in [6.07, 6.45) is 6.59. The van der Waals surface area contributed by atoms with Crippen molar-refractivity contribution in [3.63, 3.8) is 0 Å². The largest absolute Gasteiger partial charge is 0.492 e. The minimum atomic E-state index is -0.813. The quantitative estimate of drug-likeness (QED) is 0.494. The lowest BCUT2D eigenvalue weighted by Crippen LogP contribution is -2.61. The van der Waals surface area contributed by atoms with E-state index in [1.54, 1.807) is 6.20 Å². The summed E-state index contributed by atoms with van der Waals surface area (Å²) in [5, 5.41) is 21.8. The molecule has 10 nitrogen and oxygen atoms in total. The van der Waals surface area contributed by atoms with Crippen molar-refractivity contribution in [2.75, 3.05) is 37.7 Å². The maximum Gasteiger partial charge on any atom is 0.407 e. The zero-order valence-electron chi connectivity index (χ0n) is 18.4. The van der Waals surface area contributed by atoms with Crippen LogP contribution in [0.25, 0.3) is 27.7 Å². The number of likely N-dealkylation sites (tertiary alicyclic amines) is 1. The topological polar surface area (TPSA) is 112 Å². The van der Waals surface area contributed by atoms with Gasteiger partial charge in [-0.1, -0.05) is 0 Å². The number of hydrogen-bond acceptors (Lipinski definition) is 6. The first-order chi connectivity index (χ1) is 16.0. The molecule has 0 aliphatic carbocycles. The number of amides is 1. The summed E-state index contributed by atoms with van der Waals surface area (Å²) in [6, 6.07) is 6.17. The monoisotopic (exact) mass is 447 g/mol. The van der Waals surface area contributed by atoms with E-state index >= 15 is 0 Å². The Morgan fingerprint density at radius 1 is 1.24 bits per heavy atom. The van der Waals surface area contributed by atoms with Crippen LogP contribution in [0.1, 0.15) is 19.8 Å². The fourth-order valence-electron chi connectivity index (χ4n) is 5.15. The molecule has 1 spiro atoms. The van der Waals surface area contributed by atoms with Crippen LogP contribution >= 0.6 is 0 Å². The summed E-state index contributed by atoms with van der Waals surface area (Å²) in [6.45, 7) is 5.63. The van der Waals surface area contributed by atoms with E-state index in [1.165, 1.54) is 4.90 Å². The lowest BCUT2D eigenvalue weighted by atomic mass is 9.72. The third-order valence-corrected chi connectivity index (χ3v) is 6.94. The van der Waals surface area contributed by atoms with Crippen molar-refractivity contribution in [3.8, 4) is 16.9 Å². The first-order valence-corrected chi connectivity index (χ1v) is 11.2. The number of hydrogen-bond donors (Lipinski definition) is 2. The fourth-order valence-corrected chi connectivity index (χ4v) is 5.15. The number of aromatic amines is 1. The van der Waals surface area contributed by atoms with Gasteiger partial charge in [-0.3, -0.25) is 5.10 Å². The molecule has 0 unspecified atom stereocenters. The van der Waals surface area contributed by atoms with Gasteiger partial charge in [0.25, 0.3) is 0 Å². The summed E-state index contributed by atoms with van der Waals surface area (Å²) in [5.41, 5.74) is 3.89. The molecule has 6 heterocycles. The highest BCUT2D eigenvalue weighted by atomic mass is 16.5. The average Bonchev–Trinajstić information content (AvgIpc) is 3.38. The van der Waals surface area contributed by atoms with Gasteiger partial charge in [0, 0.05) is 48.9 Å². The van der Waals surface area contributed by atoms with Crippen LogP contribution < -0.4 is 9.64 Å². The van der Waals surface area contributed by atoms with Gasteiger partial charge in [0.1, 0.15) is 11.6 Å². The second-order valence-corrected chi connectivity index (χ2v) is 8.98. The van der Waals surface area contributed by atoms with Crippen LogP contribution in [-0.2, 0) is 0 Å². The van der Waals surface area contributed by atoms with Gasteiger partial charge in [0.2, 0.25) is 0 Å². The van der Waals surface area contributed by atoms with E-state index in [2.05, 4.69) is 32.3 Å². The number of pyridine rings is 2. The standard InChI is InChI=1S/C23H25N7O3/c1-2-33-16-9-17(20-18-11-25-26-21(18)27-30(20)12-16)15-3-4-19(24-10-15)29-13-23(14-29)5-7-28(8-6-23)22(31)32/h3-4,9-12H,2,5-8,13-14H2,1H3,(H,26,27)(H,31,32). The SMILES string of the molecule is CCOc1cc(-c2ccc(N3CC4(CCN(C(=O)O)CC4)C3)nc2)c2c3cn[nH]c3nn2c1. The first-order valence-electron chi connectivity index (χ1n) is 11.2. The molecule has 6 rings (SSSR count). The van der Waals surface area contributed by atoms with Crippen LogP contribution in [0.3, 0.4) is 0 Å². The fraction of sp³-hybridized carbons (Fsp3) is 0.391. The molecule has 2 aliphatic heterocycles. The molecular formula is C23H25N7O3. The van der Waals surface area contributed by atoms with Crippen molar-refractivity contribution in [1.29, 1.82) is 0 Å². The summed E-state index contributed by atoms with van der Waals surface area (Å²) in [4.78, 5) is 19.7. The van der Waals surface area contributed by atoms with Gasteiger partial charge in [-0.2, -0.15) is 5.10 Å². The third-order valence-electron chi connectivity index (χ3n) is 6.94. The van der Waals surface area contributed by atoms with Crippen molar-refractivity contribution in [2.45, 2.75) is 19.8 Å². The number of anilines is 1. The summed E-state index contributed by atoms with van der Waals surface area (Å²) in [5.74, 6) is 1.70. The molecule has 10 heteroatoms. The molecule has 0 atom stereocenters. The molecular weight excluding hydrogens is 422 g/mol. The van der Waals surface area contributed by atoms with Crippen molar-refractivity contribution >= 4 is 28.5 Å². The molecule has 0 radical (unpaired) electrons. The van der Waals surface area contributed by atoms with E-state index in [4.69, 9.17) is 9.72 Å². The molecule has 2 fully saturated rings. The van der Waals surface area contributed by atoms with Gasteiger partial charge in [-0.05, 0) is 38.0 Å². The number of aromatic nitrogens is 5. The number of nitrogens with zero attached hydrogens (tertiary/aromatic N) is 6. The van der Waals surface area contributed by atoms with E-state index in [-0.39, 0.29) is 5.41 Å². The highest BCUT2D eigenvalue weighted by molar-refractivity contribution is 6.00. The van der Waals surface area contributed by atoms with Crippen LogP contribution in [0.15, 0.2) is 36.8 Å². The number of piperidine rings is 1. The Morgan fingerprint density at radius 3 is 2.76 bits per heavy atom. The van der Waals surface area contributed by atoms with Gasteiger partial charge in [-0.25, -0.2) is 14.3 Å². The third kappa shape index (κ3) is 3.24. The Balaban J connectivity index is 1.26. The molecule has 0 aromatic carbocycles. The van der Waals surface area contributed by atoms with Crippen molar-refractivity contribution < 1.29 is 14.6 Å². The van der Waals surface area contributed by atoms with Crippen LogP contribution in [0.4, 0.5) is 10.6 Å². The van der Waals surface area contributed by atoms with Crippen molar-refractivity contribution in [1.82, 2.24) is 29.7 Å². The van der Waals surface area contributed by atoms with E-state index < -0.39 is 6.09 Å². The predicted octanol–water partition coefficient (Wildman–Crippen LogP) is 3.25. The molecule has 2 aliphatic rings. The van der Waals surface area contributed by atoms with Crippen molar-refractivity contribution in [3.05, 3.63) is 36.8 Å². The summed E-state index contributed by atoms with van der Waals surface area (Å²) in [7, 11) is 0. The van der Waals surface area contributed by atoms with E-state index in [0.29, 0.717) is 19.7 Å². The number of carbonyl (C=O) groups is 1. The second kappa shape index (κ2) is 7.36. The number of fused-ring (bicyclic) bond motifs is 3. The first kappa shape index (κ1) is 19.8. The van der Waals surface area contributed by atoms with Gasteiger partial charge in [0.15, 0.2) is 5.65 Å². The maximum atomic E-state index is 11.2. The van der Waals surface area contributed by atoms with Crippen LogP contribution in [0, 0.1) is 5.41 Å². The maximum absolute atomic E-state index is 11.2. The number of H-pyrrole nitrogens is 1. The summed E-state index contributed by atoms with van der Waals surface area (Å²) < 4.78 is 7.60. The van der Waals surface area contributed by atoms with E-state index in [9.17, 15) is 9.90 Å². The minimum Gasteiger partial charge on any atom is -0.492 e. The minimum absolute atomic E-state index is 0.217. The Bertz CT molecular complexity index is 1330. The predicted molar refractivity (Wildman–Crippen MR) is 123 cm³/mol. The van der Waals surface area contributed by atoms with E-state index in [0.717, 1.165) is 65.2 Å². The Labute approximate surface area is 189 Å². The van der Waals surface area contributed by atoms with Gasteiger partial charge in [-0.15, -0.1) is 5.10 Å². The molecule has 170 valence electrons. The molecule has 0 saturated carbocycles. The Hall–Kier alpha value is -3.82. The van der Waals surface area contributed by atoms with E-state index in [1.807, 2.05) is 29.9 Å². The second-order valence-electron chi connectivity index (χ2n) is 8.98. The molecule has 2 N–H and O–H groups in total. The molecule has 1 amide bonds. The van der Waals surface area contributed by atoms with Crippen LogP contribution in [-0.4, -0.2) is 73.7 Å². The number of nitrogens with one attached hydrogen (secondary N) is 1. The van der Waals surface area contributed by atoms with Crippen molar-refractivity contribution in [2.24, 2.45) is 5.41 Å². The van der Waals surface area contributed by atoms with Gasteiger partial charge in [0.05, 0.1) is 29.9 Å². The zero-order chi connectivity index (χ0) is 22.6. The molecule has 4 aromatic heterocycles. The average molecular weight is 447 g/mol. The lowest BCUT2D eigenvalue weighted by Gasteiger charge is -2.54. The zero-order valence-corrected chi connectivity index (χ0v) is 18.4.